The monoisotopic (exact) mass is 321 g/mol. The second kappa shape index (κ2) is 6.14. The zero-order valence-electron chi connectivity index (χ0n) is 10.9. The summed E-state index contributed by atoms with van der Waals surface area (Å²) in [5.74, 6) is 0. The van der Waals surface area contributed by atoms with Crippen LogP contribution in [0.1, 0.15) is 11.1 Å². The van der Waals surface area contributed by atoms with E-state index in [1.807, 2.05) is 6.07 Å². The van der Waals surface area contributed by atoms with Gasteiger partial charge in [-0.05, 0) is 35.9 Å². The molecule has 0 aliphatic heterocycles. The number of hydrogen-bond acceptors (Lipinski definition) is 4. The van der Waals surface area contributed by atoms with E-state index in [0.717, 1.165) is 0 Å². The molecule has 0 heterocycles. The highest BCUT2D eigenvalue weighted by atomic mass is 35.5. The number of nitrogen functional groups attached to an aromatic ring is 1. The van der Waals surface area contributed by atoms with Crippen LogP contribution in [-0.2, 0) is 16.6 Å². The highest BCUT2D eigenvalue weighted by Crippen LogP contribution is 2.23. The minimum absolute atomic E-state index is 0.0326. The first kappa shape index (κ1) is 15.3. The lowest BCUT2D eigenvalue weighted by atomic mass is 10.1. The Balaban J connectivity index is 2.20. The van der Waals surface area contributed by atoms with E-state index in [-0.39, 0.29) is 16.5 Å². The van der Waals surface area contributed by atoms with Gasteiger partial charge in [-0.15, -0.1) is 0 Å². The third kappa shape index (κ3) is 3.73. The molecule has 3 N–H and O–H groups in total. The fourth-order valence-electron chi connectivity index (χ4n) is 1.74. The van der Waals surface area contributed by atoms with E-state index in [0.29, 0.717) is 16.8 Å². The van der Waals surface area contributed by atoms with Crippen molar-refractivity contribution in [1.82, 2.24) is 4.72 Å². The van der Waals surface area contributed by atoms with Crippen LogP contribution in [-0.4, -0.2) is 8.42 Å². The van der Waals surface area contributed by atoms with Crippen molar-refractivity contribution >= 4 is 27.3 Å². The van der Waals surface area contributed by atoms with Crippen molar-refractivity contribution in [2.75, 3.05) is 5.73 Å². The Morgan fingerprint density at radius 1 is 1.24 bits per heavy atom. The van der Waals surface area contributed by atoms with Gasteiger partial charge in [0.1, 0.15) is 4.90 Å². The zero-order chi connectivity index (χ0) is 15.5. The van der Waals surface area contributed by atoms with Crippen molar-refractivity contribution in [2.45, 2.75) is 11.4 Å². The average Bonchev–Trinajstić information content (AvgIpc) is 2.45. The van der Waals surface area contributed by atoms with E-state index in [2.05, 4.69) is 4.72 Å². The van der Waals surface area contributed by atoms with Crippen LogP contribution in [0.3, 0.4) is 0 Å². The third-order valence-corrected chi connectivity index (χ3v) is 4.65. The molecule has 0 spiro atoms. The first-order chi connectivity index (χ1) is 9.92. The number of nitrogens with one attached hydrogen (secondary N) is 1. The van der Waals surface area contributed by atoms with Crippen LogP contribution in [0.2, 0.25) is 5.02 Å². The standard InChI is InChI=1S/C14H12ClN3O2S/c15-13-7-12(17)4-5-14(13)21(19,20)18-9-11-3-1-2-10(6-11)8-16/h1-7,18H,9,17H2. The number of nitrogens with zero attached hydrogens (tertiary/aromatic N) is 1. The predicted octanol–water partition coefficient (Wildman–Crippen LogP) is 2.27. The molecule has 5 nitrogen and oxygen atoms in total. The Morgan fingerprint density at radius 2 is 2.00 bits per heavy atom. The van der Waals surface area contributed by atoms with Crippen molar-refractivity contribution < 1.29 is 8.42 Å². The Hall–Kier alpha value is -2.07. The molecule has 0 amide bonds. The molecule has 2 aromatic carbocycles. The topological polar surface area (TPSA) is 96.0 Å². The maximum Gasteiger partial charge on any atom is 0.242 e. The summed E-state index contributed by atoms with van der Waals surface area (Å²) >= 11 is 5.90. The molecule has 2 rings (SSSR count). The molecule has 0 unspecified atom stereocenters. The molecule has 108 valence electrons. The van der Waals surface area contributed by atoms with Crippen LogP contribution in [0.4, 0.5) is 5.69 Å². The summed E-state index contributed by atoms with van der Waals surface area (Å²) in [7, 11) is -3.75. The Kier molecular flexibility index (Phi) is 4.48. The molecule has 0 aliphatic rings. The van der Waals surface area contributed by atoms with Crippen LogP contribution in [0.25, 0.3) is 0 Å². The summed E-state index contributed by atoms with van der Waals surface area (Å²) in [5.41, 5.74) is 7.08. The predicted molar refractivity (Wildman–Crippen MR) is 81.0 cm³/mol. The lowest BCUT2D eigenvalue weighted by Crippen LogP contribution is -2.23. The van der Waals surface area contributed by atoms with Crippen molar-refractivity contribution in [2.24, 2.45) is 0 Å². The van der Waals surface area contributed by atoms with E-state index < -0.39 is 10.0 Å². The average molecular weight is 322 g/mol. The molecule has 0 fully saturated rings. The van der Waals surface area contributed by atoms with Crippen LogP contribution in [0, 0.1) is 11.3 Å². The van der Waals surface area contributed by atoms with Crippen molar-refractivity contribution in [3.05, 3.63) is 58.6 Å². The molecule has 2 aromatic rings. The molecule has 0 atom stereocenters. The molecule has 0 radical (unpaired) electrons. The molecule has 7 heteroatoms. The number of hydrogen-bond donors (Lipinski definition) is 2. The Morgan fingerprint density at radius 3 is 2.67 bits per heavy atom. The van der Waals surface area contributed by atoms with E-state index in [4.69, 9.17) is 22.6 Å². The maximum absolute atomic E-state index is 12.2. The van der Waals surface area contributed by atoms with Gasteiger partial charge in [0.05, 0.1) is 16.7 Å². The number of nitrogens with two attached hydrogens (primary N) is 1. The van der Waals surface area contributed by atoms with Gasteiger partial charge in [-0.3, -0.25) is 0 Å². The summed E-state index contributed by atoms with van der Waals surface area (Å²) in [6, 6.07) is 12.9. The largest absolute Gasteiger partial charge is 0.399 e. The Bertz CT molecular complexity index is 813. The van der Waals surface area contributed by atoms with Gasteiger partial charge in [-0.25, -0.2) is 13.1 Å². The zero-order valence-corrected chi connectivity index (χ0v) is 12.4. The minimum atomic E-state index is -3.75. The highest BCUT2D eigenvalue weighted by Gasteiger charge is 2.17. The normalized spacial score (nSPS) is 11.0. The number of sulfonamides is 1. The van der Waals surface area contributed by atoms with E-state index in [1.165, 1.54) is 18.2 Å². The van der Waals surface area contributed by atoms with E-state index in [9.17, 15) is 8.42 Å². The van der Waals surface area contributed by atoms with Crippen molar-refractivity contribution in [1.29, 1.82) is 5.26 Å². The number of anilines is 1. The van der Waals surface area contributed by atoms with Crippen LogP contribution in [0.15, 0.2) is 47.4 Å². The van der Waals surface area contributed by atoms with Crippen molar-refractivity contribution in [3.63, 3.8) is 0 Å². The van der Waals surface area contributed by atoms with Crippen molar-refractivity contribution in [3.8, 4) is 6.07 Å². The first-order valence-corrected chi connectivity index (χ1v) is 7.82. The minimum Gasteiger partial charge on any atom is -0.399 e. The van der Waals surface area contributed by atoms with Gasteiger partial charge in [0.2, 0.25) is 10.0 Å². The molecule has 0 aromatic heterocycles. The SMILES string of the molecule is N#Cc1cccc(CNS(=O)(=O)c2ccc(N)cc2Cl)c1. The number of benzene rings is 2. The molecule has 0 saturated heterocycles. The first-order valence-electron chi connectivity index (χ1n) is 5.96. The van der Waals surface area contributed by atoms with Gasteiger partial charge >= 0.3 is 0 Å². The number of nitriles is 1. The third-order valence-electron chi connectivity index (χ3n) is 2.77. The van der Waals surface area contributed by atoms with Gasteiger partial charge in [-0.1, -0.05) is 23.7 Å². The molecule has 21 heavy (non-hydrogen) atoms. The molecule has 0 aliphatic carbocycles. The van der Waals surface area contributed by atoms with E-state index in [1.54, 1.807) is 24.3 Å². The lowest BCUT2D eigenvalue weighted by Gasteiger charge is -2.09. The van der Waals surface area contributed by atoms with Crippen LogP contribution >= 0.6 is 11.6 Å². The van der Waals surface area contributed by atoms with Crippen LogP contribution in [0.5, 0.6) is 0 Å². The second-order valence-electron chi connectivity index (χ2n) is 4.33. The molecular weight excluding hydrogens is 310 g/mol. The Labute approximate surface area is 128 Å². The lowest BCUT2D eigenvalue weighted by molar-refractivity contribution is 0.581. The molecule has 0 saturated carbocycles. The smallest absolute Gasteiger partial charge is 0.242 e. The summed E-state index contributed by atoms with van der Waals surface area (Å²) in [6.45, 7) is 0.0680. The van der Waals surface area contributed by atoms with Crippen LogP contribution < -0.4 is 10.5 Å². The van der Waals surface area contributed by atoms with Gasteiger partial charge < -0.3 is 5.73 Å². The quantitative estimate of drug-likeness (QED) is 0.844. The molecule has 0 bridgehead atoms. The summed E-state index contributed by atoms with van der Waals surface area (Å²) < 4.78 is 26.8. The fraction of sp³-hybridized carbons (Fsp3) is 0.0714. The maximum atomic E-state index is 12.2. The highest BCUT2D eigenvalue weighted by molar-refractivity contribution is 7.89. The summed E-state index contributed by atoms with van der Waals surface area (Å²) in [4.78, 5) is -0.0326. The second-order valence-corrected chi connectivity index (χ2v) is 6.47. The van der Waals surface area contributed by atoms with Gasteiger partial charge in [-0.2, -0.15) is 5.26 Å². The summed E-state index contributed by atoms with van der Waals surface area (Å²) in [6.07, 6.45) is 0. The van der Waals surface area contributed by atoms with E-state index >= 15 is 0 Å². The number of halogens is 1. The number of rotatable bonds is 4. The molecular formula is C14H12ClN3O2S. The van der Waals surface area contributed by atoms with Gasteiger partial charge in [0, 0.05) is 12.2 Å². The summed E-state index contributed by atoms with van der Waals surface area (Å²) in [5, 5.41) is 8.88. The fourth-order valence-corrected chi connectivity index (χ4v) is 3.31. The van der Waals surface area contributed by atoms with Gasteiger partial charge in [0.15, 0.2) is 0 Å². The van der Waals surface area contributed by atoms with Gasteiger partial charge in [0.25, 0.3) is 0 Å².